The van der Waals surface area contributed by atoms with E-state index in [0.717, 1.165) is 12.1 Å². The average Bonchev–Trinajstić information content (AvgIpc) is 3.21. The summed E-state index contributed by atoms with van der Waals surface area (Å²) in [5.41, 5.74) is 3.49. The zero-order valence-electron chi connectivity index (χ0n) is 12.7. The fraction of sp³-hybridized carbons (Fsp3) is 0.250. The van der Waals surface area contributed by atoms with Crippen molar-refractivity contribution >= 4 is 28.6 Å². The number of carbonyl (C=O) groups excluding carboxylic acids is 1. The van der Waals surface area contributed by atoms with Crippen molar-refractivity contribution in [2.24, 2.45) is 0 Å². The number of fused-ring (bicyclic) bond motifs is 2. The lowest BCUT2D eigenvalue weighted by atomic mass is 10.2. The van der Waals surface area contributed by atoms with Crippen molar-refractivity contribution in [1.29, 1.82) is 0 Å². The van der Waals surface area contributed by atoms with Gasteiger partial charge in [-0.25, -0.2) is 15.0 Å². The van der Waals surface area contributed by atoms with Gasteiger partial charge in [-0.2, -0.15) is 0 Å². The lowest BCUT2D eigenvalue weighted by Gasteiger charge is -2.22. The quantitative estimate of drug-likeness (QED) is 0.769. The second kappa shape index (κ2) is 5.35. The van der Waals surface area contributed by atoms with E-state index in [-0.39, 0.29) is 5.91 Å². The molecule has 0 saturated heterocycles. The fourth-order valence-corrected chi connectivity index (χ4v) is 2.94. The van der Waals surface area contributed by atoms with Gasteiger partial charge in [-0.3, -0.25) is 4.79 Å². The zero-order chi connectivity index (χ0) is 15.8. The zero-order valence-corrected chi connectivity index (χ0v) is 12.7. The number of benzene rings is 1. The number of hydrogen-bond acceptors (Lipinski definition) is 5. The Bertz CT molecular complexity index is 874. The number of hydrogen-bond donors (Lipinski definition) is 2. The Morgan fingerprint density at radius 2 is 2.17 bits per heavy atom. The maximum absolute atomic E-state index is 12.8. The summed E-state index contributed by atoms with van der Waals surface area (Å²) in [5, 5.41) is 3.16. The smallest absolute Gasteiger partial charge is 0.249 e. The van der Waals surface area contributed by atoms with Gasteiger partial charge >= 0.3 is 0 Å². The molecule has 2 N–H and O–H groups in total. The molecule has 0 saturated carbocycles. The van der Waals surface area contributed by atoms with Crippen LogP contribution >= 0.6 is 0 Å². The first-order valence-electron chi connectivity index (χ1n) is 7.54. The lowest BCUT2D eigenvalue weighted by molar-refractivity contribution is -0.118. The molecule has 1 aromatic carbocycles. The number of carbonyl (C=O) groups is 1. The Morgan fingerprint density at radius 1 is 1.30 bits per heavy atom. The minimum atomic E-state index is -0.400. The standard InChI is InChI=1S/C16H16N6O/c1-10(21-15-13-14(18-8-17-13)19-9-20-15)16(23)22-7-6-11-4-2-3-5-12(11)22/h2-5,8-10H,6-7H2,1H3,(H2,17,18,19,20,21). The molecule has 1 atom stereocenters. The normalized spacial score (nSPS) is 14.7. The summed E-state index contributed by atoms with van der Waals surface area (Å²) in [5.74, 6) is 0.613. The SMILES string of the molecule is CC(Nc1ncnc2nc[nH]c12)C(=O)N1CCc2ccccc21. The molecular formula is C16H16N6O. The van der Waals surface area contributed by atoms with Crippen LogP contribution < -0.4 is 10.2 Å². The molecule has 7 nitrogen and oxygen atoms in total. The van der Waals surface area contributed by atoms with Crippen LogP contribution in [0.15, 0.2) is 36.9 Å². The molecule has 1 unspecified atom stereocenters. The number of anilines is 2. The number of nitrogens with zero attached hydrogens (tertiary/aromatic N) is 4. The molecule has 2 aromatic heterocycles. The third-order valence-corrected chi connectivity index (χ3v) is 4.10. The first-order chi connectivity index (χ1) is 11.2. The predicted octanol–water partition coefficient (Wildman–Crippen LogP) is 1.74. The summed E-state index contributed by atoms with van der Waals surface area (Å²) in [6.45, 7) is 2.56. The van der Waals surface area contributed by atoms with Crippen molar-refractivity contribution in [3.05, 3.63) is 42.5 Å². The minimum absolute atomic E-state index is 0.0289. The molecule has 4 rings (SSSR count). The Kier molecular flexibility index (Phi) is 3.18. The largest absolute Gasteiger partial charge is 0.357 e. The van der Waals surface area contributed by atoms with E-state index in [1.54, 1.807) is 6.33 Å². The molecule has 23 heavy (non-hydrogen) atoms. The molecule has 0 radical (unpaired) electrons. The van der Waals surface area contributed by atoms with Gasteiger partial charge in [0.25, 0.3) is 0 Å². The summed E-state index contributed by atoms with van der Waals surface area (Å²) < 4.78 is 0. The number of imidazole rings is 1. The topological polar surface area (TPSA) is 86.8 Å². The van der Waals surface area contributed by atoms with Crippen LogP contribution in [0.5, 0.6) is 0 Å². The molecule has 3 heterocycles. The van der Waals surface area contributed by atoms with E-state index in [9.17, 15) is 4.79 Å². The number of para-hydroxylation sites is 1. The van der Waals surface area contributed by atoms with Crippen LogP contribution in [-0.2, 0) is 11.2 Å². The molecule has 116 valence electrons. The second-order valence-electron chi connectivity index (χ2n) is 5.56. The summed E-state index contributed by atoms with van der Waals surface area (Å²) in [7, 11) is 0. The second-order valence-corrected chi connectivity index (χ2v) is 5.56. The van der Waals surface area contributed by atoms with E-state index in [1.807, 2.05) is 30.0 Å². The van der Waals surface area contributed by atoms with Crippen LogP contribution in [0.4, 0.5) is 11.5 Å². The number of rotatable bonds is 3. The van der Waals surface area contributed by atoms with Gasteiger partial charge in [0.05, 0.1) is 6.33 Å². The molecule has 3 aromatic rings. The van der Waals surface area contributed by atoms with Crippen molar-refractivity contribution in [1.82, 2.24) is 19.9 Å². The molecule has 0 aliphatic carbocycles. The molecule has 0 spiro atoms. The van der Waals surface area contributed by atoms with Gasteiger partial charge < -0.3 is 15.2 Å². The summed E-state index contributed by atoms with van der Waals surface area (Å²) in [4.78, 5) is 30.0. The highest BCUT2D eigenvalue weighted by Crippen LogP contribution is 2.28. The minimum Gasteiger partial charge on any atom is -0.357 e. The molecule has 1 amide bonds. The summed E-state index contributed by atoms with van der Waals surface area (Å²) in [6, 6.07) is 7.62. The molecular weight excluding hydrogens is 292 g/mol. The van der Waals surface area contributed by atoms with Crippen LogP contribution in [0.1, 0.15) is 12.5 Å². The van der Waals surface area contributed by atoms with Gasteiger partial charge in [-0.15, -0.1) is 0 Å². The van der Waals surface area contributed by atoms with Crippen LogP contribution in [0, 0.1) is 0 Å². The number of nitrogens with one attached hydrogen (secondary N) is 2. The third kappa shape index (κ3) is 2.30. The monoisotopic (exact) mass is 308 g/mol. The molecule has 1 aliphatic rings. The molecule has 7 heteroatoms. The lowest BCUT2D eigenvalue weighted by Crippen LogP contribution is -2.40. The first kappa shape index (κ1) is 13.7. The van der Waals surface area contributed by atoms with E-state index in [0.29, 0.717) is 23.5 Å². The third-order valence-electron chi connectivity index (χ3n) is 4.10. The van der Waals surface area contributed by atoms with E-state index >= 15 is 0 Å². The van der Waals surface area contributed by atoms with Crippen LogP contribution in [0.2, 0.25) is 0 Å². The Balaban J connectivity index is 1.57. The van der Waals surface area contributed by atoms with Crippen molar-refractivity contribution < 1.29 is 4.79 Å². The number of H-pyrrole nitrogens is 1. The number of aromatic nitrogens is 4. The van der Waals surface area contributed by atoms with Gasteiger partial charge in [-0.05, 0) is 25.0 Å². The number of amides is 1. The van der Waals surface area contributed by atoms with Gasteiger partial charge in [0, 0.05) is 12.2 Å². The average molecular weight is 308 g/mol. The Labute approximate surface area is 132 Å². The fourth-order valence-electron chi connectivity index (χ4n) is 2.94. The predicted molar refractivity (Wildman–Crippen MR) is 87.3 cm³/mol. The van der Waals surface area contributed by atoms with Crippen molar-refractivity contribution in [3.8, 4) is 0 Å². The maximum Gasteiger partial charge on any atom is 0.249 e. The van der Waals surface area contributed by atoms with Gasteiger partial charge in [0.1, 0.15) is 17.9 Å². The van der Waals surface area contributed by atoms with Crippen molar-refractivity contribution in [2.75, 3.05) is 16.8 Å². The molecule has 0 bridgehead atoms. The highest BCUT2D eigenvalue weighted by Gasteiger charge is 2.28. The number of aromatic amines is 1. The molecule has 0 fully saturated rings. The maximum atomic E-state index is 12.8. The highest BCUT2D eigenvalue weighted by atomic mass is 16.2. The van der Waals surface area contributed by atoms with E-state index < -0.39 is 6.04 Å². The van der Waals surface area contributed by atoms with Crippen LogP contribution in [0.3, 0.4) is 0 Å². The summed E-state index contributed by atoms with van der Waals surface area (Å²) >= 11 is 0. The van der Waals surface area contributed by atoms with Gasteiger partial charge in [0.2, 0.25) is 5.91 Å². The van der Waals surface area contributed by atoms with Crippen molar-refractivity contribution in [3.63, 3.8) is 0 Å². The Morgan fingerprint density at radius 3 is 3.09 bits per heavy atom. The molecule has 1 aliphatic heterocycles. The van der Waals surface area contributed by atoms with Gasteiger partial charge in [-0.1, -0.05) is 18.2 Å². The Hall–Kier alpha value is -2.96. The van der Waals surface area contributed by atoms with E-state index in [1.165, 1.54) is 11.9 Å². The van der Waals surface area contributed by atoms with Gasteiger partial charge in [0.15, 0.2) is 11.5 Å². The van der Waals surface area contributed by atoms with E-state index in [2.05, 4.69) is 31.3 Å². The van der Waals surface area contributed by atoms with E-state index in [4.69, 9.17) is 0 Å². The highest BCUT2D eigenvalue weighted by molar-refractivity contribution is 6.00. The first-order valence-corrected chi connectivity index (χ1v) is 7.54. The van der Waals surface area contributed by atoms with Crippen LogP contribution in [-0.4, -0.2) is 38.4 Å². The summed E-state index contributed by atoms with van der Waals surface area (Å²) in [6.07, 6.45) is 3.90. The van der Waals surface area contributed by atoms with Crippen molar-refractivity contribution in [2.45, 2.75) is 19.4 Å². The van der Waals surface area contributed by atoms with Crippen LogP contribution in [0.25, 0.3) is 11.2 Å².